The fourth-order valence-electron chi connectivity index (χ4n) is 2.13. The lowest BCUT2D eigenvalue weighted by Gasteiger charge is -2.08. The number of nitrogens with one attached hydrogen (secondary N) is 1. The number of nitrogen functional groups attached to an aromatic ring is 1. The average Bonchev–Trinajstić information content (AvgIpc) is 2.43. The van der Waals surface area contributed by atoms with Crippen molar-refractivity contribution in [2.45, 2.75) is 26.2 Å². The van der Waals surface area contributed by atoms with Gasteiger partial charge in [-0.25, -0.2) is 4.98 Å². The van der Waals surface area contributed by atoms with E-state index in [-0.39, 0.29) is 17.2 Å². The highest BCUT2D eigenvalue weighted by molar-refractivity contribution is 5.36. The van der Waals surface area contributed by atoms with Crippen molar-refractivity contribution in [2.75, 3.05) is 5.73 Å². The number of non-ortho nitro benzene ring substituents is 1. The number of aryl methyl sites for hydroxylation is 1. The minimum atomic E-state index is -0.454. The van der Waals surface area contributed by atoms with Crippen LogP contribution in [-0.2, 0) is 12.8 Å². The molecule has 0 aliphatic carbocycles. The molecule has 0 radical (unpaired) electrons. The molecule has 0 unspecified atom stereocenters. The number of nitrogens with zero attached hydrogens (tertiary/aromatic N) is 2. The van der Waals surface area contributed by atoms with Crippen LogP contribution < -0.4 is 11.3 Å². The Labute approximate surface area is 121 Å². The highest BCUT2D eigenvalue weighted by atomic mass is 16.6. The molecule has 2 aromatic rings. The van der Waals surface area contributed by atoms with E-state index in [2.05, 4.69) is 9.97 Å². The summed E-state index contributed by atoms with van der Waals surface area (Å²) >= 11 is 0. The SMILES string of the molecule is CCCc1nc(N)[nH]c(=O)c1Cc1ccc([N+](=O)[O-])cc1. The van der Waals surface area contributed by atoms with Crippen molar-refractivity contribution in [3.63, 3.8) is 0 Å². The van der Waals surface area contributed by atoms with E-state index in [4.69, 9.17) is 5.73 Å². The van der Waals surface area contributed by atoms with Crippen LogP contribution in [0.15, 0.2) is 29.1 Å². The zero-order chi connectivity index (χ0) is 15.4. The molecule has 7 nitrogen and oxygen atoms in total. The van der Waals surface area contributed by atoms with Gasteiger partial charge in [-0.3, -0.25) is 19.9 Å². The Hall–Kier alpha value is -2.70. The first-order valence-electron chi connectivity index (χ1n) is 6.62. The quantitative estimate of drug-likeness (QED) is 0.643. The van der Waals surface area contributed by atoms with Crippen molar-refractivity contribution in [3.05, 3.63) is 61.6 Å². The smallest absolute Gasteiger partial charge is 0.269 e. The molecule has 0 fully saturated rings. The fourth-order valence-corrected chi connectivity index (χ4v) is 2.13. The van der Waals surface area contributed by atoms with E-state index in [1.807, 2.05) is 6.92 Å². The predicted octanol–water partition coefficient (Wildman–Crippen LogP) is 1.80. The summed E-state index contributed by atoms with van der Waals surface area (Å²) in [6.45, 7) is 1.99. The number of nitro benzene ring substituents is 1. The van der Waals surface area contributed by atoms with Crippen LogP contribution in [0.4, 0.5) is 11.6 Å². The van der Waals surface area contributed by atoms with E-state index >= 15 is 0 Å². The number of hydrogen-bond donors (Lipinski definition) is 2. The van der Waals surface area contributed by atoms with Crippen LogP contribution in [0.25, 0.3) is 0 Å². The molecule has 21 heavy (non-hydrogen) atoms. The summed E-state index contributed by atoms with van der Waals surface area (Å²) in [6, 6.07) is 6.13. The number of aromatic nitrogens is 2. The van der Waals surface area contributed by atoms with Crippen molar-refractivity contribution in [2.24, 2.45) is 0 Å². The largest absolute Gasteiger partial charge is 0.369 e. The molecule has 0 aliphatic rings. The Kier molecular flexibility index (Phi) is 4.32. The third kappa shape index (κ3) is 3.44. The first-order chi connectivity index (χ1) is 10.0. The third-order valence-electron chi connectivity index (χ3n) is 3.13. The van der Waals surface area contributed by atoms with Crippen LogP contribution >= 0.6 is 0 Å². The zero-order valence-corrected chi connectivity index (χ0v) is 11.6. The number of rotatable bonds is 5. The summed E-state index contributed by atoms with van der Waals surface area (Å²) in [6.07, 6.45) is 1.88. The molecule has 0 spiro atoms. The molecular weight excluding hydrogens is 272 g/mol. The van der Waals surface area contributed by atoms with Gasteiger partial charge in [0.15, 0.2) is 0 Å². The van der Waals surface area contributed by atoms with Gasteiger partial charge in [-0.05, 0) is 12.0 Å². The minimum absolute atomic E-state index is 0.0249. The van der Waals surface area contributed by atoms with Crippen LogP contribution in [0.5, 0.6) is 0 Å². The average molecular weight is 288 g/mol. The van der Waals surface area contributed by atoms with Gasteiger partial charge in [0.05, 0.1) is 10.6 Å². The number of aromatic amines is 1. The molecule has 0 bridgehead atoms. The maximum Gasteiger partial charge on any atom is 0.269 e. The van der Waals surface area contributed by atoms with Gasteiger partial charge in [-0.15, -0.1) is 0 Å². The molecule has 0 amide bonds. The Morgan fingerprint density at radius 2 is 2.00 bits per heavy atom. The van der Waals surface area contributed by atoms with Crippen molar-refractivity contribution in [1.82, 2.24) is 9.97 Å². The second-order valence-corrected chi connectivity index (χ2v) is 4.73. The summed E-state index contributed by atoms with van der Waals surface area (Å²) < 4.78 is 0. The van der Waals surface area contributed by atoms with E-state index < -0.39 is 4.92 Å². The van der Waals surface area contributed by atoms with E-state index in [1.165, 1.54) is 12.1 Å². The Bertz CT molecular complexity index is 707. The van der Waals surface area contributed by atoms with Gasteiger partial charge in [0.25, 0.3) is 11.2 Å². The van der Waals surface area contributed by atoms with Crippen LogP contribution in [0.2, 0.25) is 0 Å². The summed E-state index contributed by atoms with van der Waals surface area (Å²) in [4.78, 5) is 28.9. The van der Waals surface area contributed by atoms with Gasteiger partial charge in [0.1, 0.15) is 0 Å². The molecule has 1 heterocycles. The zero-order valence-electron chi connectivity index (χ0n) is 11.6. The fraction of sp³-hybridized carbons (Fsp3) is 0.286. The number of nitro groups is 1. The third-order valence-corrected chi connectivity index (χ3v) is 3.13. The van der Waals surface area contributed by atoms with E-state index in [1.54, 1.807) is 12.1 Å². The van der Waals surface area contributed by atoms with Gasteiger partial charge in [-0.2, -0.15) is 0 Å². The lowest BCUT2D eigenvalue weighted by Crippen LogP contribution is -2.20. The molecule has 1 aromatic carbocycles. The molecule has 0 atom stereocenters. The van der Waals surface area contributed by atoms with E-state index in [0.717, 1.165) is 12.0 Å². The van der Waals surface area contributed by atoms with Gasteiger partial charge in [0, 0.05) is 24.1 Å². The summed E-state index contributed by atoms with van der Waals surface area (Å²) in [5.41, 5.74) is 7.38. The molecule has 0 saturated heterocycles. The maximum absolute atomic E-state index is 12.0. The van der Waals surface area contributed by atoms with Gasteiger partial charge >= 0.3 is 0 Å². The molecule has 110 valence electrons. The first-order valence-corrected chi connectivity index (χ1v) is 6.62. The molecule has 3 N–H and O–H groups in total. The first kappa shape index (κ1) is 14.7. The van der Waals surface area contributed by atoms with Gasteiger partial charge in [-0.1, -0.05) is 25.5 Å². The van der Waals surface area contributed by atoms with E-state index in [0.29, 0.717) is 24.1 Å². The van der Waals surface area contributed by atoms with Gasteiger partial charge < -0.3 is 5.73 Å². The summed E-state index contributed by atoms with van der Waals surface area (Å²) in [7, 11) is 0. The highest BCUT2D eigenvalue weighted by Crippen LogP contribution is 2.16. The number of hydrogen-bond acceptors (Lipinski definition) is 5. The lowest BCUT2D eigenvalue weighted by atomic mass is 10.0. The Morgan fingerprint density at radius 1 is 1.33 bits per heavy atom. The molecule has 0 aliphatic heterocycles. The van der Waals surface area contributed by atoms with Crippen LogP contribution in [0.1, 0.15) is 30.2 Å². The lowest BCUT2D eigenvalue weighted by molar-refractivity contribution is -0.384. The molecular formula is C14H16N4O3. The second kappa shape index (κ2) is 6.17. The summed E-state index contributed by atoms with van der Waals surface area (Å²) in [5, 5.41) is 10.6. The normalized spacial score (nSPS) is 10.5. The Morgan fingerprint density at radius 3 is 2.57 bits per heavy atom. The topological polar surface area (TPSA) is 115 Å². The molecule has 1 aromatic heterocycles. The standard InChI is InChI=1S/C14H16N4O3/c1-2-3-12-11(13(19)17-14(15)16-12)8-9-4-6-10(7-5-9)18(20)21/h4-7H,2-3,8H2,1H3,(H3,15,16,17,19). The maximum atomic E-state index is 12.0. The van der Waals surface area contributed by atoms with Crippen LogP contribution in [-0.4, -0.2) is 14.9 Å². The molecule has 0 saturated carbocycles. The number of nitrogens with two attached hydrogens (primary N) is 1. The van der Waals surface area contributed by atoms with Crippen molar-refractivity contribution in [3.8, 4) is 0 Å². The van der Waals surface area contributed by atoms with Crippen molar-refractivity contribution >= 4 is 11.6 Å². The summed E-state index contributed by atoms with van der Waals surface area (Å²) in [5.74, 6) is 0.107. The van der Waals surface area contributed by atoms with Crippen LogP contribution in [0.3, 0.4) is 0 Å². The minimum Gasteiger partial charge on any atom is -0.369 e. The second-order valence-electron chi connectivity index (χ2n) is 4.73. The number of H-pyrrole nitrogens is 1. The predicted molar refractivity (Wildman–Crippen MR) is 79.2 cm³/mol. The highest BCUT2D eigenvalue weighted by Gasteiger charge is 2.12. The number of anilines is 1. The van der Waals surface area contributed by atoms with Crippen LogP contribution in [0, 0.1) is 10.1 Å². The van der Waals surface area contributed by atoms with Crippen molar-refractivity contribution < 1.29 is 4.92 Å². The van der Waals surface area contributed by atoms with Gasteiger partial charge in [0.2, 0.25) is 5.95 Å². The van der Waals surface area contributed by atoms with E-state index in [9.17, 15) is 14.9 Å². The Balaban J connectivity index is 2.34. The van der Waals surface area contributed by atoms with Crippen molar-refractivity contribution in [1.29, 1.82) is 0 Å². The molecule has 7 heteroatoms. The monoisotopic (exact) mass is 288 g/mol. The molecule has 2 rings (SSSR count). The number of benzene rings is 1.